The molecule has 2 rings (SSSR count). The highest BCUT2D eigenvalue weighted by atomic mass is 32.1. The van der Waals surface area contributed by atoms with Gasteiger partial charge in [0.05, 0.1) is 0 Å². The summed E-state index contributed by atoms with van der Waals surface area (Å²) in [6.07, 6.45) is 0.936. The summed E-state index contributed by atoms with van der Waals surface area (Å²) in [6, 6.07) is 12.3. The van der Waals surface area contributed by atoms with E-state index in [0.717, 1.165) is 18.5 Å². The van der Waals surface area contributed by atoms with E-state index in [0.29, 0.717) is 5.84 Å². The maximum Gasteiger partial charge on any atom is 0.126 e. The van der Waals surface area contributed by atoms with Crippen LogP contribution in [0.5, 0.6) is 0 Å². The fraction of sp³-hybridized carbons (Fsp3) is 0.154. The first-order chi connectivity index (χ1) is 7.86. The molecule has 1 aromatic carbocycles. The Morgan fingerprint density at radius 2 is 2.00 bits per heavy atom. The van der Waals surface area contributed by atoms with Crippen molar-refractivity contribution in [2.24, 2.45) is 10.7 Å². The number of benzene rings is 1. The van der Waals surface area contributed by atoms with Gasteiger partial charge in [0.25, 0.3) is 0 Å². The van der Waals surface area contributed by atoms with Crippen LogP contribution in [-0.4, -0.2) is 12.4 Å². The van der Waals surface area contributed by atoms with Crippen molar-refractivity contribution in [3.8, 4) is 0 Å². The molecule has 1 heterocycles. The third-order valence-corrected chi connectivity index (χ3v) is 3.03. The van der Waals surface area contributed by atoms with Gasteiger partial charge in [-0.1, -0.05) is 30.3 Å². The monoisotopic (exact) mass is 230 g/mol. The molecule has 0 unspecified atom stereocenters. The van der Waals surface area contributed by atoms with Crippen LogP contribution in [0.1, 0.15) is 11.1 Å². The molecule has 0 atom stereocenters. The summed E-state index contributed by atoms with van der Waals surface area (Å²) in [5, 5.41) is 4.02. The average molecular weight is 230 g/mol. The number of hydrogen-bond donors (Lipinski definition) is 1. The van der Waals surface area contributed by atoms with Crippen molar-refractivity contribution in [2.75, 3.05) is 6.54 Å². The van der Waals surface area contributed by atoms with E-state index >= 15 is 0 Å². The summed E-state index contributed by atoms with van der Waals surface area (Å²) in [4.78, 5) is 4.36. The van der Waals surface area contributed by atoms with Crippen molar-refractivity contribution in [3.63, 3.8) is 0 Å². The molecule has 82 valence electrons. The van der Waals surface area contributed by atoms with E-state index in [4.69, 9.17) is 5.73 Å². The molecular formula is C13H14N2S. The lowest BCUT2D eigenvalue weighted by atomic mass is 10.1. The summed E-state index contributed by atoms with van der Waals surface area (Å²) in [5.41, 5.74) is 8.18. The van der Waals surface area contributed by atoms with Crippen LogP contribution >= 0.6 is 11.3 Å². The molecule has 0 amide bonds. The van der Waals surface area contributed by atoms with Gasteiger partial charge in [0.15, 0.2) is 0 Å². The first-order valence-electron chi connectivity index (χ1n) is 5.22. The molecule has 0 aliphatic heterocycles. The van der Waals surface area contributed by atoms with Gasteiger partial charge in [-0.2, -0.15) is 11.3 Å². The van der Waals surface area contributed by atoms with Gasteiger partial charge in [-0.15, -0.1) is 0 Å². The largest absolute Gasteiger partial charge is 0.383 e. The molecule has 0 aliphatic rings. The van der Waals surface area contributed by atoms with Crippen molar-refractivity contribution in [1.29, 1.82) is 0 Å². The fourth-order valence-corrected chi connectivity index (χ4v) is 2.10. The Labute approximate surface area is 99.5 Å². The predicted octanol–water partition coefficient (Wildman–Crippen LogP) is 2.70. The molecule has 2 aromatic rings. The second-order valence-corrected chi connectivity index (χ2v) is 4.29. The molecule has 2 nitrogen and oxygen atoms in total. The quantitative estimate of drug-likeness (QED) is 0.636. The summed E-state index contributed by atoms with van der Waals surface area (Å²) in [6.45, 7) is 0.742. The normalized spacial score (nSPS) is 11.6. The minimum Gasteiger partial charge on any atom is -0.383 e. The molecule has 2 N–H and O–H groups in total. The average Bonchev–Trinajstić information content (AvgIpc) is 2.84. The van der Waals surface area contributed by atoms with E-state index < -0.39 is 0 Å². The Morgan fingerprint density at radius 1 is 1.19 bits per heavy atom. The number of nitrogens with zero attached hydrogens (tertiary/aromatic N) is 1. The van der Waals surface area contributed by atoms with Crippen LogP contribution in [0.25, 0.3) is 0 Å². The minimum atomic E-state index is 0.636. The summed E-state index contributed by atoms with van der Waals surface area (Å²) >= 11 is 1.64. The van der Waals surface area contributed by atoms with Crippen LogP contribution in [0.15, 0.2) is 52.2 Å². The maximum atomic E-state index is 5.86. The van der Waals surface area contributed by atoms with E-state index in [-0.39, 0.29) is 0 Å². The van der Waals surface area contributed by atoms with Crippen molar-refractivity contribution in [2.45, 2.75) is 6.42 Å². The highest BCUT2D eigenvalue weighted by Crippen LogP contribution is 2.05. The van der Waals surface area contributed by atoms with Crippen LogP contribution in [0.3, 0.4) is 0 Å². The zero-order valence-corrected chi connectivity index (χ0v) is 9.78. The van der Waals surface area contributed by atoms with Crippen LogP contribution in [0.2, 0.25) is 0 Å². The lowest BCUT2D eigenvalue weighted by molar-refractivity contribution is 0.966. The standard InChI is InChI=1S/C13H14N2S/c14-13(12-7-9-16-10-12)15-8-6-11-4-2-1-3-5-11/h1-5,7,9-10H,6,8H2,(H2,14,15). The lowest BCUT2D eigenvalue weighted by Crippen LogP contribution is -2.13. The smallest absolute Gasteiger partial charge is 0.126 e. The summed E-state index contributed by atoms with van der Waals surface area (Å²) in [7, 11) is 0. The Kier molecular flexibility index (Phi) is 3.72. The highest BCUT2D eigenvalue weighted by Gasteiger charge is 1.97. The molecule has 0 spiro atoms. The predicted molar refractivity (Wildman–Crippen MR) is 70.1 cm³/mol. The molecule has 16 heavy (non-hydrogen) atoms. The van der Waals surface area contributed by atoms with E-state index in [1.165, 1.54) is 5.56 Å². The second kappa shape index (κ2) is 5.47. The van der Waals surface area contributed by atoms with E-state index in [1.807, 2.05) is 35.0 Å². The van der Waals surface area contributed by atoms with Crippen molar-refractivity contribution in [3.05, 3.63) is 58.3 Å². The van der Waals surface area contributed by atoms with Crippen LogP contribution in [-0.2, 0) is 6.42 Å². The molecule has 0 saturated carbocycles. The maximum absolute atomic E-state index is 5.86. The zero-order chi connectivity index (χ0) is 11.2. The van der Waals surface area contributed by atoms with Gasteiger partial charge < -0.3 is 5.73 Å². The minimum absolute atomic E-state index is 0.636. The molecule has 0 fully saturated rings. The molecule has 0 aliphatic carbocycles. The number of nitrogens with two attached hydrogens (primary N) is 1. The molecule has 0 radical (unpaired) electrons. The van der Waals surface area contributed by atoms with E-state index in [1.54, 1.807) is 11.3 Å². The first-order valence-corrected chi connectivity index (χ1v) is 6.17. The SMILES string of the molecule is NC(=NCCc1ccccc1)c1ccsc1. The molecule has 3 heteroatoms. The first kappa shape index (κ1) is 10.9. The van der Waals surface area contributed by atoms with Crippen molar-refractivity contribution < 1.29 is 0 Å². The Bertz CT molecular complexity index is 446. The second-order valence-electron chi connectivity index (χ2n) is 3.51. The van der Waals surface area contributed by atoms with Crippen LogP contribution in [0.4, 0.5) is 0 Å². The summed E-state index contributed by atoms with van der Waals surface area (Å²) in [5.74, 6) is 0.636. The number of thiophene rings is 1. The van der Waals surface area contributed by atoms with Gasteiger partial charge in [0.2, 0.25) is 0 Å². The van der Waals surface area contributed by atoms with Gasteiger partial charge in [0.1, 0.15) is 5.84 Å². The molecular weight excluding hydrogens is 216 g/mol. The van der Waals surface area contributed by atoms with Crippen molar-refractivity contribution in [1.82, 2.24) is 0 Å². The Morgan fingerprint density at radius 3 is 2.69 bits per heavy atom. The third kappa shape index (κ3) is 2.94. The number of hydrogen-bond acceptors (Lipinski definition) is 2. The Hall–Kier alpha value is -1.61. The molecule has 1 aromatic heterocycles. The topological polar surface area (TPSA) is 38.4 Å². The van der Waals surface area contributed by atoms with Crippen LogP contribution < -0.4 is 5.73 Å². The third-order valence-electron chi connectivity index (χ3n) is 2.34. The summed E-state index contributed by atoms with van der Waals surface area (Å²) < 4.78 is 0. The van der Waals surface area contributed by atoms with Gasteiger partial charge in [0, 0.05) is 17.5 Å². The van der Waals surface area contributed by atoms with Crippen LogP contribution in [0, 0.1) is 0 Å². The zero-order valence-electron chi connectivity index (χ0n) is 8.97. The fourth-order valence-electron chi connectivity index (χ4n) is 1.45. The van der Waals surface area contributed by atoms with E-state index in [9.17, 15) is 0 Å². The number of amidine groups is 1. The van der Waals surface area contributed by atoms with E-state index in [2.05, 4.69) is 17.1 Å². The number of rotatable bonds is 4. The number of aliphatic imine (C=N–C) groups is 1. The van der Waals surface area contributed by atoms with Gasteiger partial charge in [-0.05, 0) is 23.4 Å². The van der Waals surface area contributed by atoms with Gasteiger partial charge >= 0.3 is 0 Å². The Balaban J connectivity index is 1.90. The lowest BCUT2D eigenvalue weighted by Gasteiger charge is -1.99. The molecule has 0 bridgehead atoms. The van der Waals surface area contributed by atoms with Gasteiger partial charge in [-0.3, -0.25) is 4.99 Å². The van der Waals surface area contributed by atoms with Gasteiger partial charge in [-0.25, -0.2) is 0 Å². The van der Waals surface area contributed by atoms with Crippen molar-refractivity contribution >= 4 is 17.2 Å². The highest BCUT2D eigenvalue weighted by molar-refractivity contribution is 7.08. The molecule has 0 saturated heterocycles.